The molecule has 0 bridgehead atoms. The molecule has 1 aromatic rings. The number of hydrogen-bond donors (Lipinski definition) is 1. The number of rotatable bonds is 2. The summed E-state index contributed by atoms with van der Waals surface area (Å²) in [5.41, 5.74) is 1.36. The molecule has 0 unspecified atom stereocenters. The Morgan fingerprint density at radius 1 is 1.62 bits per heavy atom. The number of urea groups is 1. The van der Waals surface area contributed by atoms with Crippen LogP contribution in [-0.2, 0) is 6.54 Å². The Kier molecular flexibility index (Phi) is 3.29. The first-order chi connectivity index (χ1) is 7.75. The molecule has 1 aliphatic rings. The maximum absolute atomic E-state index is 11.7. The Morgan fingerprint density at radius 2 is 2.50 bits per heavy atom. The van der Waals surface area contributed by atoms with Crippen LogP contribution in [0.3, 0.4) is 0 Å². The van der Waals surface area contributed by atoms with Crippen LogP contribution in [0.2, 0.25) is 0 Å². The van der Waals surface area contributed by atoms with Crippen molar-refractivity contribution >= 4 is 6.03 Å². The number of nitrogens with zero attached hydrogens (tertiary/aromatic N) is 1. The van der Waals surface area contributed by atoms with Crippen LogP contribution in [0.15, 0.2) is 34.5 Å². The van der Waals surface area contributed by atoms with E-state index in [4.69, 9.17) is 4.42 Å². The molecule has 0 spiro atoms. The summed E-state index contributed by atoms with van der Waals surface area (Å²) in [6, 6.07) is 3.63. The summed E-state index contributed by atoms with van der Waals surface area (Å²) in [4.78, 5) is 13.5. The van der Waals surface area contributed by atoms with Crippen LogP contribution >= 0.6 is 0 Å². The summed E-state index contributed by atoms with van der Waals surface area (Å²) in [5, 5.41) is 2.83. The van der Waals surface area contributed by atoms with E-state index in [0.29, 0.717) is 13.1 Å². The third-order valence-corrected chi connectivity index (χ3v) is 2.72. The van der Waals surface area contributed by atoms with Crippen molar-refractivity contribution in [2.24, 2.45) is 0 Å². The average molecular weight is 220 g/mol. The van der Waals surface area contributed by atoms with Crippen LogP contribution in [0, 0.1) is 0 Å². The molecule has 16 heavy (non-hydrogen) atoms. The number of nitrogens with one attached hydrogen (secondary N) is 1. The molecule has 2 heterocycles. The fraction of sp³-hybridized carbons (Fsp3) is 0.417. The van der Waals surface area contributed by atoms with Crippen LogP contribution < -0.4 is 5.32 Å². The number of hydrogen-bond acceptors (Lipinski definition) is 2. The van der Waals surface area contributed by atoms with Crippen LogP contribution in [0.25, 0.3) is 0 Å². The number of amides is 2. The van der Waals surface area contributed by atoms with Crippen molar-refractivity contribution in [3.05, 3.63) is 35.8 Å². The molecule has 4 heteroatoms. The summed E-state index contributed by atoms with van der Waals surface area (Å²) in [6.45, 7) is 4.05. The first kappa shape index (κ1) is 10.8. The molecule has 0 fully saturated rings. The van der Waals surface area contributed by atoms with Gasteiger partial charge in [-0.3, -0.25) is 0 Å². The van der Waals surface area contributed by atoms with Gasteiger partial charge in [0.15, 0.2) is 0 Å². The highest BCUT2D eigenvalue weighted by molar-refractivity contribution is 5.74. The van der Waals surface area contributed by atoms with E-state index in [1.54, 1.807) is 11.2 Å². The molecule has 86 valence electrons. The molecule has 4 nitrogen and oxygen atoms in total. The van der Waals surface area contributed by atoms with Gasteiger partial charge >= 0.3 is 6.03 Å². The second-order valence-corrected chi connectivity index (χ2v) is 3.98. The van der Waals surface area contributed by atoms with Gasteiger partial charge in [-0.25, -0.2) is 4.79 Å². The van der Waals surface area contributed by atoms with Crippen LogP contribution in [0.1, 0.15) is 19.1 Å². The molecule has 2 rings (SSSR count). The largest absolute Gasteiger partial charge is 0.467 e. The van der Waals surface area contributed by atoms with Gasteiger partial charge in [-0.1, -0.05) is 11.6 Å². The summed E-state index contributed by atoms with van der Waals surface area (Å²) in [5.74, 6) is 0.775. The van der Waals surface area contributed by atoms with Gasteiger partial charge in [0.25, 0.3) is 0 Å². The zero-order valence-electron chi connectivity index (χ0n) is 9.40. The van der Waals surface area contributed by atoms with Gasteiger partial charge in [0.05, 0.1) is 12.8 Å². The van der Waals surface area contributed by atoms with Crippen molar-refractivity contribution < 1.29 is 9.21 Å². The zero-order valence-corrected chi connectivity index (χ0v) is 9.40. The van der Waals surface area contributed by atoms with Gasteiger partial charge in [0, 0.05) is 13.1 Å². The Balaban J connectivity index is 1.80. The van der Waals surface area contributed by atoms with Crippen molar-refractivity contribution in [1.82, 2.24) is 10.2 Å². The lowest BCUT2D eigenvalue weighted by atomic mass is 10.1. The van der Waals surface area contributed by atoms with E-state index in [1.165, 1.54) is 5.57 Å². The number of carbonyl (C=O) groups excluding carboxylic acids is 1. The Labute approximate surface area is 94.9 Å². The molecule has 0 atom stereocenters. The van der Waals surface area contributed by atoms with Gasteiger partial charge in [0.2, 0.25) is 0 Å². The number of carbonyl (C=O) groups is 1. The molecular formula is C12H16N2O2. The van der Waals surface area contributed by atoms with Crippen LogP contribution in [-0.4, -0.2) is 24.0 Å². The van der Waals surface area contributed by atoms with Gasteiger partial charge in [-0.15, -0.1) is 0 Å². The third-order valence-electron chi connectivity index (χ3n) is 2.72. The average Bonchev–Trinajstić information content (AvgIpc) is 2.80. The second kappa shape index (κ2) is 4.88. The standard InChI is InChI=1S/C12H16N2O2/c1-10-4-6-14(7-5-10)12(15)13-9-11-3-2-8-16-11/h2-4,8H,5-7,9H2,1H3,(H,13,15). The molecule has 1 N–H and O–H groups in total. The van der Waals surface area contributed by atoms with E-state index in [1.807, 2.05) is 12.1 Å². The van der Waals surface area contributed by atoms with Gasteiger partial charge in [0.1, 0.15) is 5.76 Å². The minimum absolute atomic E-state index is 0.0276. The fourth-order valence-electron chi connectivity index (χ4n) is 1.64. The lowest BCUT2D eigenvalue weighted by Crippen LogP contribution is -2.41. The zero-order chi connectivity index (χ0) is 11.4. The first-order valence-corrected chi connectivity index (χ1v) is 5.46. The van der Waals surface area contributed by atoms with Crippen molar-refractivity contribution in [3.63, 3.8) is 0 Å². The van der Waals surface area contributed by atoms with Gasteiger partial charge in [-0.2, -0.15) is 0 Å². The Hall–Kier alpha value is -1.71. The smallest absolute Gasteiger partial charge is 0.318 e. The fourth-order valence-corrected chi connectivity index (χ4v) is 1.64. The lowest BCUT2D eigenvalue weighted by Gasteiger charge is -2.25. The Bertz CT molecular complexity index is 382. The van der Waals surface area contributed by atoms with Crippen LogP contribution in [0.5, 0.6) is 0 Å². The van der Waals surface area contributed by atoms with Crippen LogP contribution in [0.4, 0.5) is 4.79 Å². The SMILES string of the molecule is CC1=CCN(C(=O)NCc2ccco2)CC1. The Morgan fingerprint density at radius 3 is 3.12 bits per heavy atom. The molecule has 0 saturated carbocycles. The summed E-state index contributed by atoms with van der Waals surface area (Å²) in [6.07, 6.45) is 4.67. The lowest BCUT2D eigenvalue weighted by molar-refractivity contribution is 0.200. The number of furan rings is 1. The molecule has 0 saturated heterocycles. The minimum Gasteiger partial charge on any atom is -0.467 e. The first-order valence-electron chi connectivity index (χ1n) is 5.46. The highest BCUT2D eigenvalue weighted by Crippen LogP contribution is 2.09. The van der Waals surface area contributed by atoms with Gasteiger partial charge < -0.3 is 14.6 Å². The van der Waals surface area contributed by atoms with Crippen molar-refractivity contribution in [2.45, 2.75) is 19.9 Å². The monoisotopic (exact) mass is 220 g/mol. The predicted molar refractivity (Wildman–Crippen MR) is 60.9 cm³/mol. The van der Waals surface area contributed by atoms with Crippen molar-refractivity contribution in [1.29, 1.82) is 0 Å². The topological polar surface area (TPSA) is 45.5 Å². The molecule has 2 amide bonds. The molecule has 0 aromatic carbocycles. The molecule has 1 aliphatic heterocycles. The molecule has 0 aliphatic carbocycles. The van der Waals surface area contributed by atoms with Crippen molar-refractivity contribution in [3.8, 4) is 0 Å². The maximum Gasteiger partial charge on any atom is 0.318 e. The maximum atomic E-state index is 11.7. The van der Waals surface area contributed by atoms with E-state index < -0.39 is 0 Å². The van der Waals surface area contributed by atoms with E-state index in [0.717, 1.165) is 18.7 Å². The van der Waals surface area contributed by atoms with E-state index in [-0.39, 0.29) is 6.03 Å². The molecule has 0 radical (unpaired) electrons. The van der Waals surface area contributed by atoms with E-state index in [2.05, 4.69) is 18.3 Å². The summed E-state index contributed by atoms with van der Waals surface area (Å²) >= 11 is 0. The summed E-state index contributed by atoms with van der Waals surface area (Å²) < 4.78 is 5.14. The van der Waals surface area contributed by atoms with E-state index in [9.17, 15) is 4.79 Å². The molecular weight excluding hydrogens is 204 g/mol. The highest BCUT2D eigenvalue weighted by atomic mass is 16.3. The highest BCUT2D eigenvalue weighted by Gasteiger charge is 2.15. The molecule has 1 aromatic heterocycles. The summed E-state index contributed by atoms with van der Waals surface area (Å²) in [7, 11) is 0. The second-order valence-electron chi connectivity index (χ2n) is 3.98. The third kappa shape index (κ3) is 2.66. The quantitative estimate of drug-likeness (QED) is 0.776. The van der Waals surface area contributed by atoms with Gasteiger partial charge in [-0.05, 0) is 25.5 Å². The normalized spacial score (nSPS) is 15.8. The minimum atomic E-state index is -0.0276. The van der Waals surface area contributed by atoms with Crippen molar-refractivity contribution in [2.75, 3.05) is 13.1 Å². The predicted octanol–water partition coefficient (Wildman–Crippen LogP) is 2.14. The van der Waals surface area contributed by atoms with E-state index >= 15 is 0 Å².